The lowest BCUT2D eigenvalue weighted by atomic mass is 9.99. The molecule has 1 aromatic carbocycles. The molecule has 0 radical (unpaired) electrons. The van der Waals surface area contributed by atoms with Gasteiger partial charge in [-0.1, -0.05) is 43.5 Å². The molecule has 1 unspecified atom stereocenters. The molecular weight excluding hydrogens is 339 g/mol. The molecule has 3 atom stereocenters. The van der Waals surface area contributed by atoms with Crippen molar-refractivity contribution in [3.8, 4) is 0 Å². The Morgan fingerprint density at radius 1 is 1.22 bits per heavy atom. The van der Waals surface area contributed by atoms with Gasteiger partial charge in [0.2, 0.25) is 5.91 Å². The summed E-state index contributed by atoms with van der Waals surface area (Å²) in [5.74, 6) is -0.773. The number of hydrogen-bond acceptors (Lipinski definition) is 4. The second-order valence-electron chi connectivity index (χ2n) is 5.39. The van der Waals surface area contributed by atoms with E-state index in [0.717, 1.165) is 6.42 Å². The van der Waals surface area contributed by atoms with E-state index in [1.54, 1.807) is 25.1 Å². The van der Waals surface area contributed by atoms with E-state index in [1.165, 1.54) is 7.11 Å². The number of esters is 1. The van der Waals surface area contributed by atoms with Gasteiger partial charge in [-0.05, 0) is 31.0 Å². The Hall–Kier alpha value is -1.46. The summed E-state index contributed by atoms with van der Waals surface area (Å²) in [5.41, 5.74) is 0.667. The number of methoxy groups -OCH3 is 1. The summed E-state index contributed by atoms with van der Waals surface area (Å²) in [6.07, 6.45) is 0.745. The van der Waals surface area contributed by atoms with Crippen molar-refractivity contribution in [2.45, 2.75) is 39.3 Å². The smallest absolute Gasteiger partial charge is 0.328 e. The Labute approximate surface area is 146 Å². The van der Waals surface area contributed by atoms with Crippen molar-refractivity contribution >= 4 is 40.8 Å². The van der Waals surface area contributed by atoms with Gasteiger partial charge in [0.1, 0.15) is 12.1 Å². The minimum Gasteiger partial charge on any atom is -0.467 e. The predicted octanol–water partition coefficient (Wildman–Crippen LogP) is 3.50. The first-order valence-corrected chi connectivity index (χ1v) is 8.15. The minimum absolute atomic E-state index is 0.0245. The molecule has 0 saturated carbocycles. The maximum absolute atomic E-state index is 12.3. The zero-order valence-electron chi connectivity index (χ0n) is 13.7. The van der Waals surface area contributed by atoms with Crippen LogP contribution in [-0.4, -0.2) is 31.1 Å². The summed E-state index contributed by atoms with van der Waals surface area (Å²) in [5, 5.41) is 6.59. The Morgan fingerprint density at radius 3 is 2.39 bits per heavy atom. The Kier molecular flexibility index (Phi) is 7.65. The van der Waals surface area contributed by atoms with Gasteiger partial charge < -0.3 is 15.4 Å². The van der Waals surface area contributed by atoms with Gasteiger partial charge in [-0.15, -0.1) is 0 Å². The summed E-state index contributed by atoms with van der Waals surface area (Å²) >= 11 is 11.8. The van der Waals surface area contributed by atoms with Gasteiger partial charge in [-0.2, -0.15) is 0 Å². The van der Waals surface area contributed by atoms with Crippen LogP contribution in [0.4, 0.5) is 5.69 Å². The van der Waals surface area contributed by atoms with E-state index >= 15 is 0 Å². The lowest BCUT2D eigenvalue weighted by molar-refractivity contribution is -0.146. The van der Waals surface area contributed by atoms with E-state index in [0.29, 0.717) is 15.7 Å². The predicted molar refractivity (Wildman–Crippen MR) is 92.9 cm³/mol. The largest absolute Gasteiger partial charge is 0.467 e. The molecule has 0 aliphatic heterocycles. The molecule has 0 aromatic heterocycles. The number of rotatable bonds is 7. The molecule has 7 heteroatoms. The van der Waals surface area contributed by atoms with Crippen LogP contribution in [-0.2, 0) is 14.3 Å². The molecule has 0 aliphatic carbocycles. The number of nitrogens with one attached hydrogen (secondary N) is 2. The second-order valence-corrected chi connectivity index (χ2v) is 6.20. The van der Waals surface area contributed by atoms with E-state index in [1.807, 2.05) is 13.8 Å². The lowest BCUT2D eigenvalue weighted by Crippen LogP contribution is -2.50. The summed E-state index contributed by atoms with van der Waals surface area (Å²) in [6, 6.07) is 3.79. The Balaban J connectivity index is 2.74. The number of amides is 1. The second kappa shape index (κ2) is 8.99. The van der Waals surface area contributed by atoms with E-state index in [2.05, 4.69) is 10.6 Å². The van der Waals surface area contributed by atoms with Crippen molar-refractivity contribution in [2.75, 3.05) is 12.4 Å². The standard InChI is InChI=1S/C16H22Cl2N2O3/c1-5-9(2)14(16(22)23-4)20-15(21)10(3)19-11-6-7-12(17)13(18)8-11/h6-10,14,19H,5H2,1-4H3,(H,20,21)/t9?,10-,14-/m0/s1. The van der Waals surface area contributed by atoms with Crippen LogP contribution in [0.3, 0.4) is 0 Å². The first-order valence-electron chi connectivity index (χ1n) is 7.39. The maximum Gasteiger partial charge on any atom is 0.328 e. The van der Waals surface area contributed by atoms with Crippen LogP contribution in [0.25, 0.3) is 0 Å². The highest BCUT2D eigenvalue weighted by atomic mass is 35.5. The molecule has 0 bridgehead atoms. The molecule has 0 heterocycles. The van der Waals surface area contributed by atoms with Gasteiger partial charge in [0.15, 0.2) is 0 Å². The molecule has 128 valence electrons. The summed E-state index contributed by atoms with van der Waals surface area (Å²) in [4.78, 5) is 24.1. The summed E-state index contributed by atoms with van der Waals surface area (Å²) in [6.45, 7) is 5.53. The van der Waals surface area contributed by atoms with Gasteiger partial charge in [0, 0.05) is 5.69 Å². The maximum atomic E-state index is 12.3. The van der Waals surface area contributed by atoms with Gasteiger partial charge in [-0.25, -0.2) is 4.79 Å². The third kappa shape index (κ3) is 5.59. The average Bonchev–Trinajstić information content (AvgIpc) is 2.54. The number of carbonyl (C=O) groups excluding carboxylic acids is 2. The van der Waals surface area contributed by atoms with Crippen LogP contribution >= 0.6 is 23.2 Å². The topological polar surface area (TPSA) is 67.4 Å². The van der Waals surface area contributed by atoms with Gasteiger partial charge in [0.25, 0.3) is 0 Å². The van der Waals surface area contributed by atoms with Crippen LogP contribution in [0.5, 0.6) is 0 Å². The van der Waals surface area contributed by atoms with Crippen molar-refractivity contribution < 1.29 is 14.3 Å². The number of anilines is 1. The highest BCUT2D eigenvalue weighted by molar-refractivity contribution is 6.42. The highest BCUT2D eigenvalue weighted by Gasteiger charge is 2.28. The molecule has 1 rings (SSSR count). The first-order chi connectivity index (χ1) is 10.8. The number of ether oxygens (including phenoxy) is 1. The Bertz CT molecular complexity index is 566. The molecule has 2 N–H and O–H groups in total. The first kappa shape index (κ1) is 19.6. The Morgan fingerprint density at radius 2 is 1.87 bits per heavy atom. The van der Waals surface area contributed by atoms with Crippen LogP contribution in [0, 0.1) is 5.92 Å². The molecule has 0 fully saturated rings. The fraction of sp³-hybridized carbons (Fsp3) is 0.500. The normalized spacial score (nSPS) is 14.5. The number of carbonyl (C=O) groups is 2. The lowest BCUT2D eigenvalue weighted by Gasteiger charge is -2.24. The average molecular weight is 361 g/mol. The zero-order chi connectivity index (χ0) is 17.6. The van der Waals surface area contributed by atoms with E-state index in [4.69, 9.17) is 27.9 Å². The SMILES string of the molecule is CCC(C)[C@H](NC(=O)[C@H](C)Nc1ccc(Cl)c(Cl)c1)C(=O)OC. The molecule has 1 aromatic rings. The summed E-state index contributed by atoms with van der Waals surface area (Å²) in [7, 11) is 1.31. The van der Waals surface area contributed by atoms with Crippen molar-refractivity contribution in [2.24, 2.45) is 5.92 Å². The molecule has 23 heavy (non-hydrogen) atoms. The zero-order valence-corrected chi connectivity index (χ0v) is 15.2. The van der Waals surface area contributed by atoms with Crippen LogP contribution in [0.1, 0.15) is 27.2 Å². The third-order valence-corrected chi connectivity index (χ3v) is 4.40. The monoisotopic (exact) mass is 360 g/mol. The van der Waals surface area contributed by atoms with Gasteiger partial charge in [-0.3, -0.25) is 4.79 Å². The van der Waals surface area contributed by atoms with Crippen molar-refractivity contribution in [3.05, 3.63) is 28.2 Å². The van der Waals surface area contributed by atoms with E-state index < -0.39 is 18.1 Å². The third-order valence-electron chi connectivity index (χ3n) is 3.66. The summed E-state index contributed by atoms with van der Waals surface area (Å²) < 4.78 is 4.76. The molecule has 0 aliphatic rings. The fourth-order valence-corrected chi connectivity index (χ4v) is 2.27. The van der Waals surface area contributed by atoms with E-state index in [9.17, 15) is 9.59 Å². The van der Waals surface area contributed by atoms with Crippen molar-refractivity contribution in [3.63, 3.8) is 0 Å². The minimum atomic E-state index is -0.671. The molecule has 1 amide bonds. The van der Waals surface area contributed by atoms with Gasteiger partial charge >= 0.3 is 5.97 Å². The molecule has 5 nitrogen and oxygen atoms in total. The highest BCUT2D eigenvalue weighted by Crippen LogP contribution is 2.25. The van der Waals surface area contributed by atoms with Crippen molar-refractivity contribution in [1.82, 2.24) is 5.32 Å². The van der Waals surface area contributed by atoms with Crippen molar-refractivity contribution in [1.29, 1.82) is 0 Å². The quantitative estimate of drug-likeness (QED) is 0.730. The van der Waals surface area contributed by atoms with Crippen LogP contribution < -0.4 is 10.6 Å². The molecule has 0 spiro atoms. The molecular formula is C16H22Cl2N2O3. The number of hydrogen-bond donors (Lipinski definition) is 2. The number of halogens is 2. The van der Waals surface area contributed by atoms with Crippen LogP contribution in [0.15, 0.2) is 18.2 Å². The van der Waals surface area contributed by atoms with E-state index in [-0.39, 0.29) is 11.8 Å². The molecule has 0 saturated heterocycles. The van der Waals surface area contributed by atoms with Crippen LogP contribution in [0.2, 0.25) is 10.0 Å². The van der Waals surface area contributed by atoms with Gasteiger partial charge in [0.05, 0.1) is 17.2 Å². The number of benzene rings is 1. The fourth-order valence-electron chi connectivity index (χ4n) is 1.98.